The van der Waals surface area contributed by atoms with E-state index in [4.69, 9.17) is 25.8 Å². The Balaban J connectivity index is 1.77. The van der Waals surface area contributed by atoms with Gasteiger partial charge in [0, 0.05) is 17.9 Å². The molecule has 1 heterocycles. The van der Waals surface area contributed by atoms with Crippen molar-refractivity contribution in [1.29, 1.82) is 0 Å². The van der Waals surface area contributed by atoms with E-state index in [1.165, 1.54) is 0 Å². The number of carbonyl (C=O) groups is 1. The summed E-state index contributed by atoms with van der Waals surface area (Å²) < 4.78 is 16.0. The first-order valence-electron chi connectivity index (χ1n) is 9.31. The molecule has 1 fully saturated rings. The summed E-state index contributed by atoms with van der Waals surface area (Å²) in [5, 5.41) is 6.39. The number of hydrogen-bond donors (Lipinski definition) is 2. The van der Waals surface area contributed by atoms with Gasteiger partial charge in [0.15, 0.2) is 0 Å². The molecule has 1 aliphatic heterocycles. The molecule has 8 heteroatoms. The van der Waals surface area contributed by atoms with Crippen LogP contribution in [0.5, 0.6) is 11.5 Å². The average molecular weight is 418 g/mol. The highest BCUT2D eigenvalue weighted by atomic mass is 35.5. The number of halogens is 1. The van der Waals surface area contributed by atoms with Crippen LogP contribution in [-0.4, -0.2) is 45.3 Å². The van der Waals surface area contributed by atoms with Gasteiger partial charge in [0.25, 0.3) is 5.91 Å². The molecule has 2 aromatic carbocycles. The minimum absolute atomic E-state index is 0.0555. The lowest BCUT2D eigenvalue weighted by Gasteiger charge is -2.14. The van der Waals surface area contributed by atoms with Gasteiger partial charge in [-0.2, -0.15) is 0 Å². The Bertz CT molecular complexity index is 882. The van der Waals surface area contributed by atoms with E-state index >= 15 is 0 Å². The first-order valence-corrected chi connectivity index (χ1v) is 9.69. The fraction of sp³-hybridized carbons (Fsp3) is 0.333. The highest BCUT2D eigenvalue weighted by Gasteiger charge is 2.16. The Morgan fingerprint density at radius 3 is 2.79 bits per heavy atom. The third-order valence-corrected chi connectivity index (χ3v) is 4.75. The van der Waals surface area contributed by atoms with Crippen LogP contribution in [0.25, 0.3) is 0 Å². The Morgan fingerprint density at radius 1 is 1.24 bits per heavy atom. The Kier molecular flexibility index (Phi) is 7.32. The van der Waals surface area contributed by atoms with Crippen molar-refractivity contribution in [3.05, 3.63) is 53.1 Å². The third kappa shape index (κ3) is 5.85. The number of ether oxygens (including phenoxy) is 3. The van der Waals surface area contributed by atoms with E-state index in [1.807, 2.05) is 0 Å². The maximum atomic E-state index is 12.7. The largest absolute Gasteiger partial charge is 0.497 e. The van der Waals surface area contributed by atoms with E-state index < -0.39 is 0 Å². The first-order chi connectivity index (χ1) is 14.1. The summed E-state index contributed by atoms with van der Waals surface area (Å²) >= 11 is 6.20. The number of aliphatic imine (C=N–C) groups is 1. The van der Waals surface area contributed by atoms with Crippen molar-refractivity contribution in [3.63, 3.8) is 0 Å². The van der Waals surface area contributed by atoms with Gasteiger partial charge in [0.1, 0.15) is 11.5 Å². The molecule has 1 atom stereocenters. The number of methoxy groups -OCH3 is 2. The van der Waals surface area contributed by atoms with Crippen molar-refractivity contribution >= 4 is 29.2 Å². The maximum absolute atomic E-state index is 12.7. The molecule has 1 amide bonds. The standard InChI is InChI=1S/C21H24ClN3O4/c1-27-16-6-3-5-14(11-16)20(26)25-21(23-13-17-7-4-10-29-17)24-15-8-9-19(28-2)18(22)12-15/h3,5-6,8-9,11-12,17H,4,7,10,13H2,1-2H3,(H2,23,24,25,26). The van der Waals surface area contributed by atoms with Crippen molar-refractivity contribution in [1.82, 2.24) is 5.32 Å². The first kappa shape index (κ1) is 21.0. The summed E-state index contributed by atoms with van der Waals surface area (Å²) in [4.78, 5) is 17.2. The number of rotatable bonds is 6. The van der Waals surface area contributed by atoms with Gasteiger partial charge < -0.3 is 19.5 Å². The Labute approximate surface area is 175 Å². The number of anilines is 1. The molecule has 3 rings (SSSR count). The van der Waals surface area contributed by atoms with Crippen LogP contribution in [0.15, 0.2) is 47.5 Å². The molecule has 0 aromatic heterocycles. The zero-order valence-corrected chi connectivity index (χ0v) is 17.2. The van der Waals surface area contributed by atoms with Crippen LogP contribution in [0.1, 0.15) is 23.2 Å². The second-order valence-electron chi connectivity index (χ2n) is 6.48. The van der Waals surface area contributed by atoms with Crippen LogP contribution in [0, 0.1) is 0 Å². The van der Waals surface area contributed by atoms with Crippen LogP contribution >= 0.6 is 11.6 Å². The molecule has 1 aliphatic rings. The van der Waals surface area contributed by atoms with E-state index in [9.17, 15) is 4.79 Å². The number of benzene rings is 2. The molecule has 7 nitrogen and oxygen atoms in total. The third-order valence-electron chi connectivity index (χ3n) is 4.46. The summed E-state index contributed by atoms with van der Waals surface area (Å²) in [6, 6.07) is 12.2. The second kappa shape index (κ2) is 10.1. The lowest BCUT2D eigenvalue weighted by molar-refractivity contribution is 0.0975. The topological polar surface area (TPSA) is 81.2 Å². The summed E-state index contributed by atoms with van der Waals surface area (Å²) in [5.74, 6) is 1.18. The van der Waals surface area contributed by atoms with Gasteiger partial charge in [0.2, 0.25) is 5.96 Å². The highest BCUT2D eigenvalue weighted by Crippen LogP contribution is 2.27. The molecule has 0 bridgehead atoms. The van der Waals surface area contributed by atoms with Gasteiger partial charge >= 0.3 is 0 Å². The van der Waals surface area contributed by atoms with Crippen LogP contribution in [0.4, 0.5) is 5.69 Å². The molecular weight excluding hydrogens is 394 g/mol. The van der Waals surface area contributed by atoms with E-state index in [0.29, 0.717) is 40.3 Å². The van der Waals surface area contributed by atoms with E-state index in [2.05, 4.69) is 15.6 Å². The number of hydrogen-bond acceptors (Lipinski definition) is 5. The number of guanidine groups is 1. The van der Waals surface area contributed by atoms with E-state index in [1.54, 1.807) is 56.7 Å². The Morgan fingerprint density at radius 2 is 2.10 bits per heavy atom. The molecule has 2 aromatic rings. The van der Waals surface area contributed by atoms with Gasteiger partial charge in [-0.25, -0.2) is 4.99 Å². The molecule has 29 heavy (non-hydrogen) atoms. The van der Waals surface area contributed by atoms with Gasteiger partial charge in [-0.3, -0.25) is 10.1 Å². The van der Waals surface area contributed by atoms with Crippen LogP contribution < -0.4 is 20.1 Å². The van der Waals surface area contributed by atoms with Crippen molar-refractivity contribution in [2.24, 2.45) is 4.99 Å². The second-order valence-corrected chi connectivity index (χ2v) is 6.89. The number of carbonyl (C=O) groups excluding carboxylic acids is 1. The quantitative estimate of drug-likeness (QED) is 0.552. The minimum Gasteiger partial charge on any atom is -0.497 e. The molecule has 154 valence electrons. The zero-order valence-electron chi connectivity index (χ0n) is 16.4. The fourth-order valence-electron chi connectivity index (χ4n) is 2.92. The van der Waals surface area contributed by atoms with Crippen LogP contribution in [0.3, 0.4) is 0 Å². The summed E-state index contributed by atoms with van der Waals surface area (Å²) in [5.41, 5.74) is 1.14. The monoisotopic (exact) mass is 417 g/mol. The smallest absolute Gasteiger partial charge is 0.258 e. The SMILES string of the molecule is COc1cccc(C(=O)NC(=NCC2CCCO2)Nc2ccc(OC)c(Cl)c2)c1. The molecule has 0 spiro atoms. The molecule has 0 aliphatic carbocycles. The molecule has 0 saturated carbocycles. The number of nitrogens with one attached hydrogen (secondary N) is 2. The maximum Gasteiger partial charge on any atom is 0.258 e. The van der Waals surface area contributed by atoms with Crippen LogP contribution in [-0.2, 0) is 4.74 Å². The fourth-order valence-corrected chi connectivity index (χ4v) is 3.17. The number of amides is 1. The summed E-state index contributed by atoms with van der Waals surface area (Å²) in [6.45, 7) is 1.19. The minimum atomic E-state index is -0.304. The normalized spacial score (nSPS) is 16.4. The lowest BCUT2D eigenvalue weighted by Crippen LogP contribution is -2.36. The average Bonchev–Trinajstić information content (AvgIpc) is 3.26. The zero-order chi connectivity index (χ0) is 20.6. The van der Waals surface area contributed by atoms with Gasteiger partial charge in [-0.15, -0.1) is 0 Å². The molecular formula is C21H24ClN3O4. The Hall–Kier alpha value is -2.77. The predicted molar refractivity (Wildman–Crippen MR) is 113 cm³/mol. The van der Waals surface area contributed by atoms with Crippen molar-refractivity contribution < 1.29 is 19.0 Å². The van der Waals surface area contributed by atoms with Gasteiger partial charge in [-0.1, -0.05) is 17.7 Å². The summed E-state index contributed by atoms with van der Waals surface area (Å²) in [6.07, 6.45) is 2.03. The van der Waals surface area contributed by atoms with Crippen molar-refractivity contribution in [2.75, 3.05) is 32.7 Å². The summed E-state index contributed by atoms with van der Waals surface area (Å²) in [7, 11) is 3.11. The van der Waals surface area contributed by atoms with E-state index in [0.717, 1.165) is 19.4 Å². The van der Waals surface area contributed by atoms with Crippen molar-refractivity contribution in [3.8, 4) is 11.5 Å². The van der Waals surface area contributed by atoms with Crippen LogP contribution in [0.2, 0.25) is 5.02 Å². The predicted octanol–water partition coefficient (Wildman–Crippen LogP) is 3.73. The van der Waals surface area contributed by atoms with Gasteiger partial charge in [0.05, 0.1) is 31.9 Å². The number of nitrogens with zero attached hydrogens (tertiary/aromatic N) is 1. The molecule has 2 N–H and O–H groups in total. The molecule has 0 radical (unpaired) electrons. The van der Waals surface area contributed by atoms with Gasteiger partial charge in [-0.05, 0) is 49.2 Å². The highest BCUT2D eigenvalue weighted by molar-refractivity contribution is 6.32. The lowest BCUT2D eigenvalue weighted by atomic mass is 10.2. The van der Waals surface area contributed by atoms with Crippen molar-refractivity contribution in [2.45, 2.75) is 18.9 Å². The molecule has 1 unspecified atom stereocenters. The molecule has 1 saturated heterocycles. The van der Waals surface area contributed by atoms with E-state index in [-0.39, 0.29) is 12.0 Å².